The number of thiazole rings is 1. The summed E-state index contributed by atoms with van der Waals surface area (Å²) in [5.41, 5.74) is 0.996. The standard InChI is InChI=1S/C15H23N3OS.ClH/c1-3-18(15-16-10(2)9-20-15)14(19)8-11-6-12-4-5-13(7-11)17-12;/h9,11-13,17H,3-8H2,1-2H3;1H. The molecule has 2 unspecified atom stereocenters. The molecule has 2 fully saturated rings. The van der Waals surface area contributed by atoms with Crippen LogP contribution in [0.25, 0.3) is 0 Å². The molecular formula is C15H24ClN3OS. The highest BCUT2D eigenvalue weighted by atomic mass is 35.5. The van der Waals surface area contributed by atoms with Crippen LogP contribution in [0, 0.1) is 12.8 Å². The Kier molecular flexibility index (Phi) is 5.63. The Morgan fingerprint density at radius 3 is 2.62 bits per heavy atom. The fourth-order valence-corrected chi connectivity index (χ4v) is 4.47. The monoisotopic (exact) mass is 329 g/mol. The fraction of sp³-hybridized carbons (Fsp3) is 0.733. The number of fused-ring (bicyclic) bond motifs is 2. The highest BCUT2D eigenvalue weighted by molar-refractivity contribution is 7.14. The minimum Gasteiger partial charge on any atom is -0.311 e. The lowest BCUT2D eigenvalue weighted by atomic mass is 9.89. The van der Waals surface area contributed by atoms with Gasteiger partial charge in [0, 0.05) is 30.4 Å². The van der Waals surface area contributed by atoms with Crippen molar-refractivity contribution in [2.75, 3.05) is 11.4 Å². The molecule has 2 aliphatic heterocycles. The number of aryl methyl sites for hydroxylation is 1. The summed E-state index contributed by atoms with van der Waals surface area (Å²) in [4.78, 5) is 18.9. The summed E-state index contributed by atoms with van der Waals surface area (Å²) in [5, 5.41) is 6.50. The molecule has 4 nitrogen and oxygen atoms in total. The lowest BCUT2D eigenvalue weighted by molar-refractivity contribution is -0.119. The number of amides is 1. The van der Waals surface area contributed by atoms with Crippen LogP contribution >= 0.6 is 23.7 Å². The maximum absolute atomic E-state index is 12.6. The number of halogens is 1. The van der Waals surface area contributed by atoms with Crippen LogP contribution in [0.1, 0.15) is 44.7 Å². The van der Waals surface area contributed by atoms with Gasteiger partial charge in [0.15, 0.2) is 5.13 Å². The van der Waals surface area contributed by atoms with E-state index in [-0.39, 0.29) is 18.3 Å². The molecule has 1 aromatic rings. The van der Waals surface area contributed by atoms with Gasteiger partial charge in [0.1, 0.15) is 0 Å². The molecule has 0 aliphatic carbocycles. The van der Waals surface area contributed by atoms with Gasteiger partial charge in [-0.25, -0.2) is 4.98 Å². The number of anilines is 1. The van der Waals surface area contributed by atoms with Crippen molar-refractivity contribution in [3.8, 4) is 0 Å². The molecule has 2 atom stereocenters. The maximum atomic E-state index is 12.6. The number of hydrogen-bond acceptors (Lipinski definition) is 4. The van der Waals surface area contributed by atoms with Gasteiger partial charge >= 0.3 is 0 Å². The van der Waals surface area contributed by atoms with E-state index in [4.69, 9.17) is 0 Å². The molecular weight excluding hydrogens is 306 g/mol. The van der Waals surface area contributed by atoms with Crippen LogP contribution in [0.2, 0.25) is 0 Å². The van der Waals surface area contributed by atoms with Gasteiger partial charge in [-0.2, -0.15) is 0 Å². The van der Waals surface area contributed by atoms with E-state index in [2.05, 4.69) is 10.3 Å². The number of rotatable bonds is 4. The van der Waals surface area contributed by atoms with E-state index < -0.39 is 0 Å². The summed E-state index contributed by atoms with van der Waals surface area (Å²) in [6, 6.07) is 1.31. The molecule has 2 aliphatic rings. The fourth-order valence-electron chi connectivity index (χ4n) is 3.58. The minimum atomic E-state index is 0. The van der Waals surface area contributed by atoms with Crippen molar-refractivity contribution >= 4 is 34.8 Å². The van der Waals surface area contributed by atoms with Crippen molar-refractivity contribution in [3.63, 3.8) is 0 Å². The molecule has 1 N–H and O–H groups in total. The number of nitrogens with one attached hydrogen (secondary N) is 1. The Hall–Kier alpha value is -0.650. The lowest BCUT2D eigenvalue weighted by Gasteiger charge is -2.30. The maximum Gasteiger partial charge on any atom is 0.229 e. The van der Waals surface area contributed by atoms with Gasteiger partial charge < -0.3 is 5.32 Å². The molecule has 21 heavy (non-hydrogen) atoms. The molecule has 3 heterocycles. The Morgan fingerprint density at radius 2 is 2.10 bits per heavy atom. The third kappa shape index (κ3) is 3.76. The Balaban J connectivity index is 0.00000161. The Bertz CT molecular complexity index is 481. The smallest absolute Gasteiger partial charge is 0.229 e. The van der Waals surface area contributed by atoms with Crippen molar-refractivity contribution in [2.45, 2.75) is 58.0 Å². The quantitative estimate of drug-likeness (QED) is 0.923. The van der Waals surface area contributed by atoms with Crippen molar-refractivity contribution in [1.82, 2.24) is 10.3 Å². The normalized spacial score (nSPS) is 27.2. The van der Waals surface area contributed by atoms with Crippen LogP contribution in [0.3, 0.4) is 0 Å². The van der Waals surface area contributed by atoms with Gasteiger partial charge in [0.2, 0.25) is 5.91 Å². The molecule has 3 rings (SSSR count). The molecule has 2 saturated heterocycles. The first-order valence-corrected chi connectivity index (χ1v) is 8.52. The van der Waals surface area contributed by atoms with Gasteiger partial charge in [-0.3, -0.25) is 9.69 Å². The first kappa shape index (κ1) is 16.7. The summed E-state index contributed by atoms with van der Waals surface area (Å²) < 4.78 is 0. The largest absolute Gasteiger partial charge is 0.311 e. The predicted molar refractivity (Wildman–Crippen MR) is 89.4 cm³/mol. The first-order valence-electron chi connectivity index (χ1n) is 7.64. The van der Waals surface area contributed by atoms with Crippen molar-refractivity contribution in [2.24, 2.45) is 5.92 Å². The summed E-state index contributed by atoms with van der Waals surface area (Å²) in [6.45, 7) is 4.72. The SMILES string of the molecule is CCN(C(=O)CC1CC2CCC(C1)N2)c1nc(C)cs1.Cl. The zero-order valence-electron chi connectivity index (χ0n) is 12.7. The van der Waals surface area contributed by atoms with Crippen molar-refractivity contribution in [1.29, 1.82) is 0 Å². The highest BCUT2D eigenvalue weighted by Gasteiger charge is 2.35. The van der Waals surface area contributed by atoms with E-state index in [9.17, 15) is 4.79 Å². The van der Waals surface area contributed by atoms with E-state index >= 15 is 0 Å². The molecule has 0 radical (unpaired) electrons. The first-order chi connectivity index (χ1) is 9.65. The number of nitrogens with zero attached hydrogens (tertiary/aromatic N) is 2. The van der Waals surface area contributed by atoms with Gasteiger partial charge in [-0.15, -0.1) is 23.7 Å². The molecule has 0 aromatic carbocycles. The molecule has 118 valence electrons. The Morgan fingerprint density at radius 1 is 1.43 bits per heavy atom. The zero-order chi connectivity index (χ0) is 14.1. The van der Waals surface area contributed by atoms with E-state index in [0.717, 1.165) is 23.7 Å². The number of hydrogen-bond donors (Lipinski definition) is 1. The third-order valence-corrected chi connectivity index (χ3v) is 5.47. The number of aromatic nitrogens is 1. The number of piperidine rings is 1. The third-order valence-electron chi connectivity index (χ3n) is 4.49. The average molecular weight is 330 g/mol. The molecule has 2 bridgehead atoms. The predicted octanol–water partition coefficient (Wildman–Crippen LogP) is 3.15. The number of carbonyl (C=O) groups excluding carboxylic acids is 1. The molecule has 1 amide bonds. The lowest BCUT2D eigenvalue weighted by Crippen LogP contribution is -2.40. The van der Waals surface area contributed by atoms with E-state index in [0.29, 0.717) is 31.0 Å². The van der Waals surface area contributed by atoms with E-state index in [1.54, 1.807) is 11.3 Å². The zero-order valence-corrected chi connectivity index (χ0v) is 14.3. The summed E-state index contributed by atoms with van der Waals surface area (Å²) in [6.07, 6.45) is 5.59. The molecule has 1 aromatic heterocycles. The topological polar surface area (TPSA) is 45.2 Å². The van der Waals surface area contributed by atoms with E-state index in [1.807, 2.05) is 24.1 Å². The van der Waals surface area contributed by atoms with Crippen LogP contribution in [-0.4, -0.2) is 29.5 Å². The molecule has 0 saturated carbocycles. The molecule has 0 spiro atoms. The van der Waals surface area contributed by atoms with Crippen LogP contribution < -0.4 is 10.2 Å². The van der Waals surface area contributed by atoms with Gasteiger partial charge in [0.05, 0.1) is 5.69 Å². The van der Waals surface area contributed by atoms with E-state index in [1.165, 1.54) is 12.8 Å². The molecule has 6 heteroatoms. The van der Waals surface area contributed by atoms with Crippen LogP contribution in [0.4, 0.5) is 5.13 Å². The van der Waals surface area contributed by atoms with Crippen LogP contribution in [0.15, 0.2) is 5.38 Å². The van der Waals surface area contributed by atoms with Crippen LogP contribution in [0.5, 0.6) is 0 Å². The summed E-state index contributed by atoms with van der Waals surface area (Å²) in [7, 11) is 0. The van der Waals surface area contributed by atoms with Crippen LogP contribution in [-0.2, 0) is 4.79 Å². The average Bonchev–Trinajstić information content (AvgIpc) is 2.97. The van der Waals surface area contributed by atoms with Gasteiger partial charge in [-0.1, -0.05) is 0 Å². The number of carbonyl (C=O) groups is 1. The van der Waals surface area contributed by atoms with Gasteiger partial charge in [0.25, 0.3) is 0 Å². The van der Waals surface area contributed by atoms with Gasteiger partial charge in [-0.05, 0) is 45.4 Å². The second kappa shape index (κ2) is 7.07. The van der Waals surface area contributed by atoms with Crippen molar-refractivity contribution in [3.05, 3.63) is 11.1 Å². The Labute approximate surface area is 136 Å². The highest BCUT2D eigenvalue weighted by Crippen LogP contribution is 2.33. The van der Waals surface area contributed by atoms with Crippen molar-refractivity contribution < 1.29 is 4.79 Å². The second-order valence-corrected chi connectivity index (χ2v) is 6.93. The summed E-state index contributed by atoms with van der Waals surface area (Å²) in [5.74, 6) is 0.796. The second-order valence-electron chi connectivity index (χ2n) is 6.09. The minimum absolute atomic E-state index is 0. The summed E-state index contributed by atoms with van der Waals surface area (Å²) >= 11 is 1.57.